The molecule has 0 bridgehead atoms. The Balaban J connectivity index is 1.39. The molecule has 2 heterocycles. The van der Waals surface area contributed by atoms with Gasteiger partial charge in [0.15, 0.2) is 0 Å². The van der Waals surface area contributed by atoms with Gasteiger partial charge in [0.25, 0.3) is 10.2 Å². The molecule has 30 heavy (non-hydrogen) atoms. The quantitative estimate of drug-likeness (QED) is 0.562. The van der Waals surface area contributed by atoms with Crippen LogP contribution in [0, 0.1) is 0 Å². The molecule has 1 aromatic rings. The van der Waals surface area contributed by atoms with Crippen LogP contribution >= 0.6 is 0 Å². The van der Waals surface area contributed by atoms with Crippen molar-refractivity contribution < 1.29 is 27.8 Å². The van der Waals surface area contributed by atoms with Crippen LogP contribution < -0.4 is 10.1 Å². The molecule has 2 aliphatic heterocycles. The number of nitrogens with one attached hydrogen (secondary N) is 1. The number of aliphatic hydroxyl groups is 1. The minimum absolute atomic E-state index is 0.131. The number of carbonyl (C=O) groups is 1. The van der Waals surface area contributed by atoms with Crippen molar-refractivity contribution in [2.45, 2.75) is 13.0 Å². The largest absolute Gasteiger partial charge is 0.491 e. The van der Waals surface area contributed by atoms with Crippen LogP contribution in [-0.2, 0) is 19.7 Å². The van der Waals surface area contributed by atoms with Crippen LogP contribution in [0.1, 0.15) is 6.92 Å². The second-order valence-corrected chi connectivity index (χ2v) is 9.32. The van der Waals surface area contributed by atoms with Crippen molar-refractivity contribution in [3.63, 3.8) is 0 Å². The number of hydrogen-bond acceptors (Lipinski definition) is 7. The number of anilines is 1. The lowest BCUT2D eigenvalue weighted by atomic mass is 10.3. The Bertz CT molecular complexity index is 790. The maximum Gasteiger partial charge on any atom is 0.282 e. The third-order valence-electron chi connectivity index (χ3n) is 5.04. The summed E-state index contributed by atoms with van der Waals surface area (Å²) >= 11 is 0. The van der Waals surface area contributed by atoms with Gasteiger partial charge < -0.3 is 19.9 Å². The number of hydrogen-bond donors (Lipinski definition) is 2. The third kappa shape index (κ3) is 6.37. The van der Waals surface area contributed by atoms with Gasteiger partial charge in [-0.1, -0.05) is 0 Å². The van der Waals surface area contributed by atoms with Gasteiger partial charge in [-0.05, 0) is 24.3 Å². The lowest BCUT2D eigenvalue weighted by molar-refractivity contribution is -0.114. The maximum atomic E-state index is 12.7. The third-order valence-corrected chi connectivity index (χ3v) is 7.08. The van der Waals surface area contributed by atoms with Gasteiger partial charge in [0.1, 0.15) is 18.5 Å². The Morgan fingerprint density at radius 3 is 2.30 bits per heavy atom. The first kappa shape index (κ1) is 22.9. The Kier molecular flexibility index (Phi) is 8.03. The van der Waals surface area contributed by atoms with Crippen LogP contribution in [0.5, 0.6) is 5.75 Å². The van der Waals surface area contributed by atoms with Crippen LogP contribution in [0.3, 0.4) is 0 Å². The number of morpholine rings is 1. The zero-order valence-electron chi connectivity index (χ0n) is 17.2. The van der Waals surface area contributed by atoms with Gasteiger partial charge in [0, 0.05) is 58.4 Å². The molecule has 1 amide bonds. The molecule has 1 aromatic carbocycles. The molecule has 0 radical (unpaired) electrons. The van der Waals surface area contributed by atoms with Crippen LogP contribution in [0.25, 0.3) is 0 Å². The van der Waals surface area contributed by atoms with Gasteiger partial charge in [-0.3, -0.25) is 9.69 Å². The Morgan fingerprint density at radius 1 is 1.10 bits per heavy atom. The van der Waals surface area contributed by atoms with Gasteiger partial charge >= 0.3 is 0 Å². The number of nitrogens with zero attached hydrogens (tertiary/aromatic N) is 3. The van der Waals surface area contributed by atoms with Crippen molar-refractivity contribution in [3.8, 4) is 5.75 Å². The fraction of sp³-hybridized carbons (Fsp3) is 0.632. The van der Waals surface area contributed by atoms with E-state index < -0.39 is 16.3 Å². The normalized spacial score (nSPS) is 20.6. The molecule has 0 unspecified atom stereocenters. The minimum atomic E-state index is -3.45. The second kappa shape index (κ2) is 10.5. The highest BCUT2D eigenvalue weighted by Crippen LogP contribution is 2.17. The van der Waals surface area contributed by atoms with E-state index in [-0.39, 0.29) is 12.5 Å². The molecule has 11 heteroatoms. The van der Waals surface area contributed by atoms with Gasteiger partial charge in [-0.15, -0.1) is 0 Å². The van der Waals surface area contributed by atoms with Crippen LogP contribution in [0.4, 0.5) is 5.69 Å². The molecule has 2 aliphatic rings. The van der Waals surface area contributed by atoms with Gasteiger partial charge in [-0.2, -0.15) is 17.0 Å². The standard InChI is InChI=1S/C19H30N4O6S/c1-16(24)20-17-2-4-19(5-3-17)29-15-18(25)14-21-6-8-22(9-7-21)30(26,27)23-10-12-28-13-11-23/h2-5,18,25H,6-15H2,1H3,(H,20,24)/t18-/m0/s1. The maximum absolute atomic E-state index is 12.7. The van der Waals surface area contributed by atoms with Crippen molar-refractivity contribution in [3.05, 3.63) is 24.3 Å². The number of ether oxygens (including phenoxy) is 2. The summed E-state index contributed by atoms with van der Waals surface area (Å²) < 4.78 is 39.2. The average Bonchev–Trinajstić information content (AvgIpc) is 2.74. The highest BCUT2D eigenvalue weighted by Gasteiger charge is 2.33. The van der Waals surface area contributed by atoms with Crippen molar-refractivity contribution in [1.82, 2.24) is 13.5 Å². The number of carbonyl (C=O) groups excluding carboxylic acids is 1. The van der Waals surface area contributed by atoms with Crippen LogP contribution in [-0.4, -0.2) is 105 Å². The molecule has 1 atom stereocenters. The van der Waals surface area contributed by atoms with E-state index in [0.717, 1.165) is 0 Å². The summed E-state index contributed by atoms with van der Waals surface area (Å²) in [5, 5.41) is 13.0. The molecule has 2 fully saturated rings. The zero-order valence-corrected chi connectivity index (χ0v) is 18.0. The van der Waals surface area contributed by atoms with Gasteiger partial charge in [0.05, 0.1) is 13.2 Å². The molecule has 10 nitrogen and oxygen atoms in total. The van der Waals surface area contributed by atoms with E-state index in [1.54, 1.807) is 24.3 Å². The first-order valence-electron chi connectivity index (χ1n) is 10.1. The average molecular weight is 443 g/mol. The molecule has 2 N–H and O–H groups in total. The van der Waals surface area contributed by atoms with Crippen LogP contribution in [0.15, 0.2) is 24.3 Å². The number of amides is 1. The van der Waals surface area contributed by atoms with E-state index in [2.05, 4.69) is 5.32 Å². The summed E-state index contributed by atoms with van der Waals surface area (Å²) in [5.74, 6) is 0.460. The monoisotopic (exact) mass is 442 g/mol. The number of piperazine rings is 1. The molecule has 0 saturated carbocycles. The summed E-state index contributed by atoms with van der Waals surface area (Å²) in [4.78, 5) is 13.1. The number of benzene rings is 1. The predicted octanol–water partition coefficient (Wildman–Crippen LogP) is -0.421. The molecule has 168 valence electrons. The summed E-state index contributed by atoms with van der Waals surface area (Å²) in [6.07, 6.45) is -0.692. The van der Waals surface area contributed by atoms with E-state index in [1.165, 1.54) is 15.5 Å². The highest BCUT2D eigenvalue weighted by atomic mass is 32.2. The summed E-state index contributed by atoms with van der Waals surface area (Å²) in [6.45, 7) is 5.56. The van der Waals surface area contributed by atoms with Crippen molar-refractivity contribution in [1.29, 1.82) is 0 Å². The van der Waals surface area contributed by atoms with Gasteiger partial charge in [0.2, 0.25) is 5.91 Å². The smallest absolute Gasteiger partial charge is 0.282 e. The molecular weight excluding hydrogens is 412 g/mol. The first-order valence-corrected chi connectivity index (χ1v) is 11.5. The highest BCUT2D eigenvalue weighted by molar-refractivity contribution is 7.86. The number of β-amino-alcohol motifs (C(OH)–C–C–N with tert-alkyl or cyclic N) is 1. The van der Waals surface area contributed by atoms with Gasteiger partial charge in [-0.25, -0.2) is 0 Å². The topological polar surface area (TPSA) is 112 Å². The molecule has 0 aliphatic carbocycles. The fourth-order valence-electron chi connectivity index (χ4n) is 3.46. The van der Waals surface area contributed by atoms with Crippen LogP contribution in [0.2, 0.25) is 0 Å². The van der Waals surface area contributed by atoms with E-state index in [9.17, 15) is 18.3 Å². The molecule has 3 rings (SSSR count). The van der Waals surface area contributed by atoms with E-state index in [4.69, 9.17) is 9.47 Å². The number of rotatable bonds is 8. The lowest BCUT2D eigenvalue weighted by Gasteiger charge is -2.38. The summed E-state index contributed by atoms with van der Waals surface area (Å²) in [5.41, 5.74) is 0.681. The Morgan fingerprint density at radius 2 is 1.70 bits per heavy atom. The second-order valence-electron chi connectivity index (χ2n) is 7.39. The molecule has 2 saturated heterocycles. The fourth-order valence-corrected chi connectivity index (χ4v) is 5.03. The predicted molar refractivity (Wildman–Crippen MR) is 112 cm³/mol. The zero-order chi connectivity index (χ0) is 21.6. The SMILES string of the molecule is CC(=O)Nc1ccc(OC[C@@H](O)CN2CCN(S(=O)(=O)N3CCOCC3)CC2)cc1. The molecule has 0 spiro atoms. The van der Waals surface area contributed by atoms with E-state index >= 15 is 0 Å². The number of aliphatic hydroxyl groups excluding tert-OH is 1. The summed E-state index contributed by atoms with van der Waals surface area (Å²) in [7, 11) is -3.45. The van der Waals surface area contributed by atoms with Crippen molar-refractivity contribution >= 4 is 21.8 Å². The van der Waals surface area contributed by atoms with E-state index in [0.29, 0.717) is 70.5 Å². The Hall–Kier alpha value is -1.76. The molecular formula is C19H30N4O6S. The summed E-state index contributed by atoms with van der Waals surface area (Å²) in [6, 6.07) is 6.93. The first-order chi connectivity index (χ1) is 14.3. The molecule has 0 aromatic heterocycles. The van der Waals surface area contributed by atoms with Crippen molar-refractivity contribution in [2.75, 3.05) is 71.0 Å². The van der Waals surface area contributed by atoms with Crippen molar-refractivity contribution in [2.24, 2.45) is 0 Å². The minimum Gasteiger partial charge on any atom is -0.491 e. The van der Waals surface area contributed by atoms with E-state index in [1.807, 2.05) is 4.90 Å². The lowest BCUT2D eigenvalue weighted by Crippen LogP contribution is -2.55. The Labute approximate surface area is 177 Å².